The van der Waals surface area contributed by atoms with Gasteiger partial charge in [-0.15, -0.1) is 0 Å². The molecule has 0 aliphatic rings. The zero-order chi connectivity index (χ0) is 19.5. The van der Waals surface area contributed by atoms with Crippen LogP contribution < -0.4 is 15.4 Å². The molecule has 2 N–H and O–H groups in total. The van der Waals surface area contributed by atoms with E-state index < -0.39 is 10.8 Å². The Morgan fingerprint density at radius 3 is 2.52 bits per heavy atom. The molecule has 2 aromatic rings. The van der Waals surface area contributed by atoms with E-state index in [-0.39, 0.29) is 11.9 Å². The van der Waals surface area contributed by atoms with Crippen molar-refractivity contribution in [1.29, 1.82) is 0 Å². The molecule has 7 heteroatoms. The molecule has 2 atom stereocenters. The smallest absolute Gasteiger partial charge is 0.191 e. The molecule has 0 heterocycles. The van der Waals surface area contributed by atoms with Crippen LogP contribution in [0.25, 0.3) is 0 Å². The van der Waals surface area contributed by atoms with Gasteiger partial charge in [-0.1, -0.05) is 18.2 Å². The number of benzene rings is 2. The van der Waals surface area contributed by atoms with Crippen LogP contribution >= 0.6 is 0 Å². The number of nitrogens with one attached hydrogen (secondary N) is 2. The third-order valence-electron chi connectivity index (χ3n) is 3.59. The number of guanidine groups is 1. The van der Waals surface area contributed by atoms with E-state index in [9.17, 15) is 8.60 Å². The van der Waals surface area contributed by atoms with Crippen molar-refractivity contribution in [1.82, 2.24) is 10.6 Å². The molecule has 0 aliphatic heterocycles. The number of nitrogens with zero attached hydrogens (tertiary/aromatic N) is 1. The van der Waals surface area contributed by atoms with Gasteiger partial charge in [-0.3, -0.25) is 4.21 Å². The van der Waals surface area contributed by atoms with E-state index in [4.69, 9.17) is 4.74 Å². The molecule has 0 amide bonds. The Bertz CT molecular complexity index is 739. The van der Waals surface area contributed by atoms with Gasteiger partial charge >= 0.3 is 0 Å². The monoisotopic (exact) mass is 391 g/mol. The predicted octanol–water partition coefficient (Wildman–Crippen LogP) is 2.96. The zero-order valence-electron chi connectivity index (χ0n) is 15.7. The zero-order valence-corrected chi connectivity index (χ0v) is 16.5. The van der Waals surface area contributed by atoms with Gasteiger partial charge in [-0.05, 0) is 50.2 Å². The second kappa shape index (κ2) is 11.3. The van der Waals surface area contributed by atoms with E-state index in [1.165, 1.54) is 12.1 Å². The van der Waals surface area contributed by atoms with Gasteiger partial charge < -0.3 is 15.4 Å². The van der Waals surface area contributed by atoms with Crippen LogP contribution in [0.2, 0.25) is 0 Å². The summed E-state index contributed by atoms with van der Waals surface area (Å²) >= 11 is 0. The van der Waals surface area contributed by atoms with Gasteiger partial charge in [0.2, 0.25) is 0 Å². The van der Waals surface area contributed by atoms with Crippen LogP contribution in [0.5, 0.6) is 5.75 Å². The summed E-state index contributed by atoms with van der Waals surface area (Å²) in [7, 11) is -1.05. The summed E-state index contributed by atoms with van der Waals surface area (Å²) in [6, 6.07) is 15.3. The minimum absolute atomic E-state index is 0.163. The Morgan fingerprint density at radius 1 is 1.15 bits per heavy atom. The van der Waals surface area contributed by atoms with E-state index in [0.29, 0.717) is 30.6 Å². The molecule has 0 bridgehead atoms. The number of ether oxygens (including phenoxy) is 1. The molecule has 2 rings (SSSR count). The van der Waals surface area contributed by atoms with E-state index >= 15 is 0 Å². The van der Waals surface area contributed by atoms with Crippen molar-refractivity contribution in [3.63, 3.8) is 0 Å². The average Bonchev–Trinajstić information content (AvgIpc) is 2.68. The van der Waals surface area contributed by atoms with Gasteiger partial charge in [0.25, 0.3) is 0 Å². The summed E-state index contributed by atoms with van der Waals surface area (Å²) in [4.78, 5) is 5.31. The Kier molecular flexibility index (Phi) is 8.77. The number of hydrogen-bond donors (Lipinski definition) is 2. The second-order valence-corrected chi connectivity index (χ2v) is 7.46. The number of rotatable bonds is 9. The molecular formula is C20H26FN3O2S. The molecule has 27 heavy (non-hydrogen) atoms. The Balaban J connectivity index is 1.80. The first-order valence-electron chi connectivity index (χ1n) is 8.96. The van der Waals surface area contributed by atoms with Crippen molar-refractivity contribution < 1.29 is 13.3 Å². The Hall–Kier alpha value is -2.41. The molecule has 0 radical (unpaired) electrons. The highest BCUT2D eigenvalue weighted by atomic mass is 32.2. The quantitative estimate of drug-likeness (QED) is 0.510. The minimum Gasteiger partial charge on any atom is -0.489 e. The predicted molar refractivity (Wildman–Crippen MR) is 108 cm³/mol. The molecule has 0 aromatic heterocycles. The molecule has 5 nitrogen and oxygen atoms in total. The lowest BCUT2D eigenvalue weighted by Crippen LogP contribution is -2.39. The summed E-state index contributed by atoms with van der Waals surface area (Å²) in [6.07, 6.45) is -0.163. The van der Waals surface area contributed by atoms with Crippen LogP contribution in [0.4, 0.5) is 4.39 Å². The molecule has 2 unspecified atom stereocenters. The molecule has 0 aliphatic carbocycles. The van der Waals surface area contributed by atoms with Crippen molar-refractivity contribution in [3.05, 3.63) is 60.4 Å². The van der Waals surface area contributed by atoms with E-state index in [1.807, 2.05) is 44.2 Å². The summed E-state index contributed by atoms with van der Waals surface area (Å²) < 4.78 is 30.9. The van der Waals surface area contributed by atoms with Gasteiger partial charge in [0.1, 0.15) is 17.7 Å². The first kappa shape index (κ1) is 20.9. The van der Waals surface area contributed by atoms with Crippen LogP contribution in [0.3, 0.4) is 0 Å². The Morgan fingerprint density at radius 2 is 1.85 bits per heavy atom. The van der Waals surface area contributed by atoms with Crippen LogP contribution in [-0.4, -0.2) is 41.7 Å². The van der Waals surface area contributed by atoms with Gasteiger partial charge in [0.15, 0.2) is 5.96 Å². The van der Waals surface area contributed by atoms with Gasteiger partial charge in [0, 0.05) is 23.7 Å². The van der Waals surface area contributed by atoms with Crippen LogP contribution in [-0.2, 0) is 10.8 Å². The standard InChI is InChI=1S/C20H26FN3O2S/c1-3-22-20(23-13-14-27(25)19-7-5-4-6-8-19)24-15-16(2)26-18-11-9-17(21)10-12-18/h4-12,16H,3,13-15H2,1-2H3,(H2,22,23,24). The van der Waals surface area contributed by atoms with Gasteiger partial charge in [0.05, 0.1) is 17.3 Å². The second-order valence-electron chi connectivity index (χ2n) is 5.89. The summed E-state index contributed by atoms with van der Waals surface area (Å²) in [6.45, 7) is 5.59. The molecule has 146 valence electrons. The maximum Gasteiger partial charge on any atom is 0.191 e. The minimum atomic E-state index is -1.05. The van der Waals surface area contributed by atoms with Gasteiger partial charge in [-0.25, -0.2) is 9.38 Å². The third-order valence-corrected chi connectivity index (χ3v) is 4.96. The Labute approximate surface area is 162 Å². The van der Waals surface area contributed by atoms with Crippen molar-refractivity contribution in [3.8, 4) is 5.75 Å². The maximum atomic E-state index is 12.9. The topological polar surface area (TPSA) is 62.7 Å². The normalized spacial score (nSPS) is 13.7. The molecule has 0 saturated heterocycles. The lowest BCUT2D eigenvalue weighted by molar-refractivity contribution is 0.230. The number of hydrogen-bond acceptors (Lipinski definition) is 3. The molecule has 0 saturated carbocycles. The molecule has 0 fully saturated rings. The first-order valence-corrected chi connectivity index (χ1v) is 10.3. The highest BCUT2D eigenvalue weighted by Gasteiger charge is 2.06. The van der Waals surface area contributed by atoms with E-state index in [2.05, 4.69) is 15.6 Å². The van der Waals surface area contributed by atoms with Gasteiger partial charge in [-0.2, -0.15) is 0 Å². The van der Waals surface area contributed by atoms with Crippen molar-refractivity contribution in [2.24, 2.45) is 4.99 Å². The fraction of sp³-hybridized carbons (Fsp3) is 0.350. The fourth-order valence-electron chi connectivity index (χ4n) is 2.30. The average molecular weight is 392 g/mol. The van der Waals surface area contributed by atoms with Crippen LogP contribution in [0.15, 0.2) is 64.5 Å². The van der Waals surface area contributed by atoms with Crippen LogP contribution in [0, 0.1) is 5.82 Å². The highest BCUT2D eigenvalue weighted by molar-refractivity contribution is 7.85. The first-order chi connectivity index (χ1) is 13.1. The molecule has 2 aromatic carbocycles. The molecule has 0 spiro atoms. The number of aliphatic imine (C=N–C) groups is 1. The van der Waals surface area contributed by atoms with Crippen molar-refractivity contribution in [2.45, 2.75) is 24.8 Å². The van der Waals surface area contributed by atoms with Crippen molar-refractivity contribution in [2.75, 3.05) is 25.4 Å². The van der Waals surface area contributed by atoms with Crippen molar-refractivity contribution >= 4 is 16.8 Å². The highest BCUT2D eigenvalue weighted by Crippen LogP contribution is 2.13. The summed E-state index contributed by atoms with van der Waals surface area (Å²) in [5.74, 6) is 1.46. The number of halogens is 1. The SMILES string of the molecule is CCNC(=NCC(C)Oc1ccc(F)cc1)NCCS(=O)c1ccccc1. The third kappa shape index (κ3) is 7.78. The summed E-state index contributed by atoms with van der Waals surface area (Å²) in [5, 5.41) is 6.35. The largest absolute Gasteiger partial charge is 0.489 e. The van der Waals surface area contributed by atoms with Crippen LogP contribution in [0.1, 0.15) is 13.8 Å². The van der Waals surface area contributed by atoms with E-state index in [0.717, 1.165) is 11.4 Å². The summed E-state index contributed by atoms with van der Waals surface area (Å²) in [5.41, 5.74) is 0. The fourth-order valence-corrected chi connectivity index (χ4v) is 3.28. The lowest BCUT2D eigenvalue weighted by atomic mass is 10.3. The van der Waals surface area contributed by atoms with E-state index in [1.54, 1.807) is 12.1 Å². The maximum absolute atomic E-state index is 12.9. The molecular weight excluding hydrogens is 365 g/mol. The lowest BCUT2D eigenvalue weighted by Gasteiger charge is -2.15.